The molecule has 0 atom stereocenters. The van der Waals surface area contributed by atoms with Gasteiger partial charge in [0.1, 0.15) is 5.75 Å². The Morgan fingerprint density at radius 1 is 1.06 bits per heavy atom. The van der Waals surface area contributed by atoms with Crippen LogP contribution >= 0.6 is 0 Å². The molecule has 3 aromatic rings. The van der Waals surface area contributed by atoms with Gasteiger partial charge in [-0.1, -0.05) is 24.3 Å². The molecule has 4 rings (SSSR count). The fourth-order valence-electron chi connectivity index (χ4n) is 3.75. The van der Waals surface area contributed by atoms with Crippen LogP contribution in [-0.4, -0.2) is 42.2 Å². The zero-order chi connectivity index (χ0) is 23.8. The molecule has 0 unspecified atom stereocenters. The molecule has 1 aliphatic rings. The van der Waals surface area contributed by atoms with Crippen LogP contribution in [0.1, 0.15) is 18.4 Å². The fourth-order valence-corrected chi connectivity index (χ4v) is 3.75. The molecule has 2 heterocycles. The van der Waals surface area contributed by atoms with E-state index in [2.05, 4.69) is 25.3 Å². The molecule has 0 amide bonds. The van der Waals surface area contributed by atoms with E-state index in [1.54, 1.807) is 24.5 Å². The van der Waals surface area contributed by atoms with Crippen molar-refractivity contribution in [2.24, 2.45) is 5.92 Å². The summed E-state index contributed by atoms with van der Waals surface area (Å²) in [5.74, 6) is 0.411. The number of hydrogen-bond acceptors (Lipinski definition) is 7. The van der Waals surface area contributed by atoms with Crippen molar-refractivity contribution in [2.75, 3.05) is 25.0 Å². The molecule has 2 N–H and O–H groups in total. The van der Waals surface area contributed by atoms with Crippen LogP contribution in [-0.2, 0) is 16.0 Å². The Balaban J connectivity index is 1.29. The minimum absolute atomic E-state index is 0.00159. The lowest BCUT2D eigenvalue weighted by Gasteiger charge is -2.20. The number of hydrogen-bond donors (Lipinski definition) is 2. The zero-order valence-electron chi connectivity index (χ0n) is 18.5. The molecule has 0 bridgehead atoms. The van der Waals surface area contributed by atoms with Gasteiger partial charge in [0, 0.05) is 30.1 Å². The number of piperidine rings is 1. The van der Waals surface area contributed by atoms with Gasteiger partial charge in [-0.15, -0.1) is 0 Å². The lowest BCUT2D eigenvalue weighted by Crippen LogP contribution is -2.33. The molecular formula is C25H26F2N4O3. The Labute approximate surface area is 196 Å². The van der Waals surface area contributed by atoms with E-state index in [0.29, 0.717) is 19.0 Å². The second-order valence-electron chi connectivity index (χ2n) is 7.97. The lowest BCUT2D eigenvalue weighted by atomic mass is 9.98. The molecule has 178 valence electrons. The van der Waals surface area contributed by atoms with Crippen molar-refractivity contribution in [1.82, 2.24) is 15.3 Å². The van der Waals surface area contributed by atoms with Gasteiger partial charge in [-0.05, 0) is 61.3 Å². The van der Waals surface area contributed by atoms with Crippen LogP contribution in [0.4, 0.5) is 20.4 Å². The molecule has 9 heteroatoms. The van der Waals surface area contributed by atoms with Gasteiger partial charge in [-0.25, -0.2) is 9.97 Å². The Bertz CT molecular complexity index is 1070. The maximum atomic E-state index is 12.3. The number of alkyl halides is 2. The van der Waals surface area contributed by atoms with Crippen molar-refractivity contribution < 1.29 is 23.0 Å². The number of rotatable bonds is 9. The van der Waals surface area contributed by atoms with Gasteiger partial charge in [0.05, 0.1) is 12.5 Å². The van der Waals surface area contributed by atoms with Crippen molar-refractivity contribution in [3.63, 3.8) is 0 Å². The van der Waals surface area contributed by atoms with Gasteiger partial charge < -0.3 is 20.1 Å². The maximum Gasteiger partial charge on any atom is 0.387 e. The van der Waals surface area contributed by atoms with Crippen LogP contribution < -0.4 is 15.4 Å². The van der Waals surface area contributed by atoms with Crippen molar-refractivity contribution in [1.29, 1.82) is 0 Å². The summed E-state index contributed by atoms with van der Waals surface area (Å²) < 4.78 is 34.4. The molecule has 7 nitrogen and oxygen atoms in total. The quantitative estimate of drug-likeness (QED) is 0.445. The molecule has 0 spiro atoms. The molecule has 2 aromatic carbocycles. The van der Waals surface area contributed by atoms with E-state index in [4.69, 9.17) is 4.74 Å². The van der Waals surface area contributed by atoms with Crippen LogP contribution in [0.25, 0.3) is 11.1 Å². The summed E-state index contributed by atoms with van der Waals surface area (Å²) in [5, 5.41) is 6.41. The number of esters is 1. The first-order valence-electron chi connectivity index (χ1n) is 11.2. The molecule has 0 aliphatic carbocycles. The normalized spacial score (nSPS) is 14.1. The number of ether oxygens (including phenoxy) is 2. The summed E-state index contributed by atoms with van der Waals surface area (Å²) in [6.45, 7) is -0.788. The Kier molecular flexibility index (Phi) is 7.98. The largest absolute Gasteiger partial charge is 0.465 e. The smallest absolute Gasteiger partial charge is 0.387 e. The number of aromatic nitrogens is 2. The standard InChI is InChI=1S/C25H26F2N4O3/c26-24(27)34-22-6-4-18(5-7-22)20-15-29-25(30-16-20)31-21-3-1-2-17(14-21)10-13-33-23(32)19-8-11-28-12-9-19/h1-7,14-16,19,24,28H,8-13H2,(H,29,30,31). The highest BCUT2D eigenvalue weighted by Crippen LogP contribution is 2.23. The van der Waals surface area contributed by atoms with E-state index < -0.39 is 6.61 Å². The number of carbonyl (C=O) groups excluding carboxylic acids is 1. The van der Waals surface area contributed by atoms with Crippen LogP contribution in [0, 0.1) is 5.92 Å². The van der Waals surface area contributed by atoms with Crippen molar-refractivity contribution in [3.8, 4) is 16.9 Å². The first-order valence-corrected chi connectivity index (χ1v) is 11.2. The van der Waals surface area contributed by atoms with Gasteiger partial charge in [-0.3, -0.25) is 4.79 Å². The summed E-state index contributed by atoms with van der Waals surface area (Å²) in [4.78, 5) is 20.9. The highest BCUT2D eigenvalue weighted by molar-refractivity contribution is 5.72. The highest BCUT2D eigenvalue weighted by atomic mass is 19.3. The summed E-state index contributed by atoms with van der Waals surface area (Å²) >= 11 is 0. The summed E-state index contributed by atoms with van der Waals surface area (Å²) in [5.41, 5.74) is 3.39. The van der Waals surface area contributed by atoms with Crippen LogP contribution in [0.15, 0.2) is 60.9 Å². The first-order chi connectivity index (χ1) is 16.6. The molecular weight excluding hydrogens is 442 g/mol. The van der Waals surface area contributed by atoms with Crippen LogP contribution in [0.5, 0.6) is 5.75 Å². The van der Waals surface area contributed by atoms with Crippen molar-refractivity contribution >= 4 is 17.6 Å². The average Bonchev–Trinajstić information content (AvgIpc) is 2.85. The number of halogens is 2. The molecule has 1 aliphatic heterocycles. The molecule has 34 heavy (non-hydrogen) atoms. The van der Waals surface area contributed by atoms with E-state index >= 15 is 0 Å². The van der Waals surface area contributed by atoms with E-state index in [9.17, 15) is 13.6 Å². The van der Waals surface area contributed by atoms with E-state index in [1.807, 2.05) is 24.3 Å². The highest BCUT2D eigenvalue weighted by Gasteiger charge is 2.22. The summed E-state index contributed by atoms with van der Waals surface area (Å²) in [6.07, 6.45) is 5.59. The SMILES string of the molecule is O=C(OCCc1cccc(Nc2ncc(-c3ccc(OC(F)F)cc3)cn2)c1)C1CCNCC1. The lowest BCUT2D eigenvalue weighted by molar-refractivity contribution is -0.149. The monoisotopic (exact) mass is 468 g/mol. The number of carbonyl (C=O) groups is 1. The second-order valence-corrected chi connectivity index (χ2v) is 7.97. The molecule has 0 saturated carbocycles. The summed E-state index contributed by atoms with van der Waals surface area (Å²) in [6, 6.07) is 14.1. The molecule has 1 aromatic heterocycles. The van der Waals surface area contributed by atoms with E-state index in [-0.39, 0.29) is 17.6 Å². The third kappa shape index (κ3) is 6.71. The minimum Gasteiger partial charge on any atom is -0.465 e. The fraction of sp³-hybridized carbons (Fsp3) is 0.320. The minimum atomic E-state index is -2.85. The molecule has 1 fully saturated rings. The van der Waals surface area contributed by atoms with Crippen LogP contribution in [0.3, 0.4) is 0 Å². The third-order valence-corrected chi connectivity index (χ3v) is 5.56. The second kappa shape index (κ2) is 11.5. The Morgan fingerprint density at radius 2 is 1.79 bits per heavy atom. The number of nitrogens with one attached hydrogen (secondary N) is 2. The van der Waals surface area contributed by atoms with Gasteiger partial charge in [-0.2, -0.15) is 8.78 Å². The Morgan fingerprint density at radius 3 is 2.50 bits per heavy atom. The maximum absolute atomic E-state index is 12.3. The average molecular weight is 469 g/mol. The first kappa shape index (κ1) is 23.6. The van der Waals surface area contributed by atoms with Gasteiger partial charge in [0.2, 0.25) is 5.95 Å². The predicted octanol–water partition coefficient (Wildman–Crippen LogP) is 4.57. The van der Waals surface area contributed by atoms with Crippen LogP contribution in [0.2, 0.25) is 0 Å². The van der Waals surface area contributed by atoms with E-state index in [1.165, 1.54) is 12.1 Å². The number of benzene rings is 2. The molecule has 1 saturated heterocycles. The zero-order valence-corrected chi connectivity index (χ0v) is 18.5. The topological polar surface area (TPSA) is 85.4 Å². The number of nitrogens with zero attached hydrogens (tertiary/aromatic N) is 2. The van der Waals surface area contributed by atoms with E-state index in [0.717, 1.165) is 48.3 Å². The molecule has 0 radical (unpaired) electrons. The van der Waals surface area contributed by atoms with Gasteiger partial charge in [0.25, 0.3) is 0 Å². The number of anilines is 2. The van der Waals surface area contributed by atoms with Crippen molar-refractivity contribution in [2.45, 2.75) is 25.9 Å². The van der Waals surface area contributed by atoms with Gasteiger partial charge >= 0.3 is 12.6 Å². The Hall–Kier alpha value is -3.59. The van der Waals surface area contributed by atoms with Gasteiger partial charge in [0.15, 0.2) is 0 Å². The third-order valence-electron chi connectivity index (χ3n) is 5.56. The predicted molar refractivity (Wildman–Crippen MR) is 124 cm³/mol. The van der Waals surface area contributed by atoms with Crippen molar-refractivity contribution in [3.05, 3.63) is 66.5 Å². The summed E-state index contributed by atoms with van der Waals surface area (Å²) in [7, 11) is 0.